The Morgan fingerprint density at radius 2 is 1.93 bits per heavy atom. The van der Waals surface area contributed by atoms with Crippen LogP contribution in [-0.2, 0) is 22.6 Å². The minimum absolute atomic E-state index is 0.0703. The van der Waals surface area contributed by atoms with E-state index in [1.807, 2.05) is 12.1 Å². The molecule has 1 N–H and O–H groups in total. The Kier molecular flexibility index (Phi) is 6.57. The van der Waals surface area contributed by atoms with Crippen LogP contribution in [-0.4, -0.2) is 49.2 Å². The number of methoxy groups -OCH3 is 1. The van der Waals surface area contributed by atoms with Crippen molar-refractivity contribution >= 4 is 17.3 Å². The fourth-order valence-electron chi connectivity index (χ4n) is 3.16. The molecule has 0 spiro atoms. The van der Waals surface area contributed by atoms with Gasteiger partial charge in [-0.05, 0) is 23.3 Å². The van der Waals surface area contributed by atoms with Gasteiger partial charge in [-0.25, -0.2) is 4.79 Å². The normalized spacial score (nSPS) is 14.5. The van der Waals surface area contributed by atoms with Crippen LogP contribution in [0.15, 0.2) is 42.5 Å². The van der Waals surface area contributed by atoms with Crippen molar-refractivity contribution in [2.45, 2.75) is 13.1 Å². The Balaban J connectivity index is 1.73. The van der Waals surface area contributed by atoms with Gasteiger partial charge < -0.3 is 14.8 Å². The number of rotatable bonds is 7. The van der Waals surface area contributed by atoms with Gasteiger partial charge in [0.2, 0.25) is 0 Å². The highest BCUT2D eigenvalue weighted by Gasteiger charge is 2.21. The van der Waals surface area contributed by atoms with Crippen LogP contribution in [0.3, 0.4) is 0 Å². The third-order valence-electron chi connectivity index (χ3n) is 4.70. The molecule has 0 unspecified atom stereocenters. The van der Waals surface area contributed by atoms with Crippen LogP contribution in [0.25, 0.3) is 0 Å². The standard InChI is InChI=1S/C20H23N3O5/c1-27-20(24)18-12-17(6-7-19(18)23(25)26)21-13-15-4-2-3-5-16(15)14-22-8-10-28-11-9-22/h2-7,12,21H,8-11,13-14H2,1H3. The lowest BCUT2D eigenvalue weighted by molar-refractivity contribution is -0.385. The number of nitrogens with zero attached hydrogens (tertiary/aromatic N) is 2. The van der Waals surface area contributed by atoms with Gasteiger partial charge in [0.25, 0.3) is 5.69 Å². The topological polar surface area (TPSA) is 93.9 Å². The molecule has 0 aromatic heterocycles. The minimum atomic E-state index is -0.733. The summed E-state index contributed by atoms with van der Waals surface area (Å²) in [5.74, 6) is -0.733. The van der Waals surface area contributed by atoms with E-state index in [2.05, 4.69) is 27.1 Å². The molecule has 0 aliphatic carbocycles. The lowest BCUT2D eigenvalue weighted by Gasteiger charge is -2.27. The molecule has 2 aromatic rings. The van der Waals surface area contributed by atoms with E-state index in [0.29, 0.717) is 12.2 Å². The molecule has 1 heterocycles. The number of hydrogen-bond acceptors (Lipinski definition) is 7. The maximum Gasteiger partial charge on any atom is 0.344 e. The van der Waals surface area contributed by atoms with Gasteiger partial charge in [0.1, 0.15) is 5.56 Å². The number of anilines is 1. The monoisotopic (exact) mass is 385 g/mol. The zero-order valence-electron chi connectivity index (χ0n) is 15.7. The molecule has 0 amide bonds. The van der Waals surface area contributed by atoms with Gasteiger partial charge in [-0.15, -0.1) is 0 Å². The number of carbonyl (C=O) groups is 1. The van der Waals surface area contributed by atoms with E-state index >= 15 is 0 Å². The molecule has 1 aliphatic heterocycles. The molecular weight excluding hydrogens is 362 g/mol. The summed E-state index contributed by atoms with van der Waals surface area (Å²) in [5, 5.41) is 14.4. The Morgan fingerprint density at radius 3 is 2.61 bits per heavy atom. The summed E-state index contributed by atoms with van der Waals surface area (Å²) < 4.78 is 10.1. The molecule has 148 valence electrons. The molecule has 28 heavy (non-hydrogen) atoms. The molecule has 8 heteroatoms. The second-order valence-corrected chi connectivity index (χ2v) is 6.49. The van der Waals surface area contributed by atoms with Crippen molar-refractivity contribution in [3.63, 3.8) is 0 Å². The third-order valence-corrected chi connectivity index (χ3v) is 4.70. The maximum atomic E-state index is 11.9. The summed E-state index contributed by atoms with van der Waals surface area (Å²) in [5.41, 5.74) is 2.62. The van der Waals surface area contributed by atoms with Gasteiger partial charge in [0, 0.05) is 37.9 Å². The van der Waals surface area contributed by atoms with E-state index in [1.54, 1.807) is 6.07 Å². The number of ether oxygens (including phenoxy) is 2. The average molecular weight is 385 g/mol. The lowest BCUT2D eigenvalue weighted by Crippen LogP contribution is -2.35. The SMILES string of the molecule is COC(=O)c1cc(NCc2ccccc2CN2CCOCC2)ccc1[N+](=O)[O-]. The van der Waals surface area contributed by atoms with Gasteiger partial charge in [-0.3, -0.25) is 15.0 Å². The van der Waals surface area contributed by atoms with Crippen LogP contribution < -0.4 is 5.32 Å². The number of carbonyl (C=O) groups excluding carboxylic acids is 1. The Bertz CT molecular complexity index is 849. The first-order valence-electron chi connectivity index (χ1n) is 9.06. The third kappa shape index (κ3) is 4.85. The molecule has 8 nitrogen and oxygen atoms in total. The number of esters is 1. The predicted octanol–water partition coefficient (Wildman–Crippen LogP) is 2.83. The smallest absolute Gasteiger partial charge is 0.344 e. The zero-order chi connectivity index (χ0) is 19.9. The fraction of sp³-hybridized carbons (Fsp3) is 0.350. The van der Waals surface area contributed by atoms with Crippen LogP contribution in [0.2, 0.25) is 0 Å². The van der Waals surface area contributed by atoms with E-state index in [-0.39, 0.29) is 11.3 Å². The van der Waals surface area contributed by atoms with E-state index in [4.69, 9.17) is 4.74 Å². The van der Waals surface area contributed by atoms with Crippen molar-refractivity contribution in [3.05, 3.63) is 69.3 Å². The van der Waals surface area contributed by atoms with E-state index in [1.165, 1.54) is 24.8 Å². The highest BCUT2D eigenvalue weighted by molar-refractivity contribution is 5.95. The van der Waals surface area contributed by atoms with E-state index in [0.717, 1.165) is 38.4 Å². The molecule has 1 aliphatic rings. The Morgan fingerprint density at radius 1 is 1.21 bits per heavy atom. The molecule has 0 atom stereocenters. The number of benzene rings is 2. The first-order chi connectivity index (χ1) is 13.6. The Labute approximate surface area is 163 Å². The van der Waals surface area contributed by atoms with Crippen molar-refractivity contribution in [2.75, 3.05) is 38.7 Å². The molecule has 1 saturated heterocycles. The highest BCUT2D eigenvalue weighted by Crippen LogP contribution is 2.24. The summed E-state index contributed by atoms with van der Waals surface area (Å²) in [7, 11) is 1.20. The highest BCUT2D eigenvalue weighted by atomic mass is 16.6. The molecule has 3 rings (SSSR count). The van der Waals surface area contributed by atoms with Gasteiger partial charge in [-0.2, -0.15) is 0 Å². The van der Waals surface area contributed by atoms with Crippen LogP contribution in [0.1, 0.15) is 21.5 Å². The number of hydrogen-bond donors (Lipinski definition) is 1. The first kappa shape index (κ1) is 19.8. The second-order valence-electron chi connectivity index (χ2n) is 6.49. The zero-order valence-corrected chi connectivity index (χ0v) is 15.7. The second kappa shape index (κ2) is 9.29. The number of morpholine rings is 1. The summed E-state index contributed by atoms with van der Waals surface area (Å²) in [6, 6.07) is 12.5. The van der Waals surface area contributed by atoms with Crippen LogP contribution in [0.5, 0.6) is 0 Å². The van der Waals surface area contributed by atoms with Crippen LogP contribution in [0.4, 0.5) is 11.4 Å². The van der Waals surface area contributed by atoms with Crippen LogP contribution in [0, 0.1) is 10.1 Å². The van der Waals surface area contributed by atoms with Gasteiger partial charge in [-0.1, -0.05) is 24.3 Å². The lowest BCUT2D eigenvalue weighted by atomic mass is 10.1. The van der Waals surface area contributed by atoms with E-state index in [9.17, 15) is 14.9 Å². The van der Waals surface area contributed by atoms with Gasteiger partial charge in [0.05, 0.1) is 25.2 Å². The minimum Gasteiger partial charge on any atom is -0.465 e. The molecule has 0 bridgehead atoms. The Hall–Kier alpha value is -2.97. The van der Waals surface area contributed by atoms with Crippen molar-refractivity contribution < 1.29 is 19.2 Å². The number of nitro groups is 1. The number of nitrogens with one attached hydrogen (secondary N) is 1. The van der Waals surface area contributed by atoms with Crippen LogP contribution >= 0.6 is 0 Å². The van der Waals surface area contributed by atoms with Crippen molar-refractivity contribution in [3.8, 4) is 0 Å². The summed E-state index contributed by atoms with van der Waals surface area (Å²) in [6.07, 6.45) is 0. The first-order valence-corrected chi connectivity index (χ1v) is 9.06. The van der Waals surface area contributed by atoms with Gasteiger partial charge >= 0.3 is 5.97 Å². The average Bonchev–Trinajstić information content (AvgIpc) is 2.73. The predicted molar refractivity (Wildman–Crippen MR) is 104 cm³/mol. The number of nitro benzene ring substituents is 1. The van der Waals surface area contributed by atoms with Crippen molar-refractivity contribution in [2.24, 2.45) is 0 Å². The summed E-state index contributed by atoms with van der Waals surface area (Å²) in [4.78, 5) is 24.8. The molecule has 1 fully saturated rings. The molecule has 0 radical (unpaired) electrons. The van der Waals surface area contributed by atoms with Crippen molar-refractivity contribution in [1.82, 2.24) is 4.90 Å². The van der Waals surface area contributed by atoms with Gasteiger partial charge in [0.15, 0.2) is 0 Å². The quantitative estimate of drug-likeness (QED) is 0.445. The van der Waals surface area contributed by atoms with E-state index < -0.39 is 10.9 Å². The molecular formula is C20H23N3O5. The maximum absolute atomic E-state index is 11.9. The van der Waals surface area contributed by atoms with Crippen molar-refractivity contribution in [1.29, 1.82) is 0 Å². The fourth-order valence-corrected chi connectivity index (χ4v) is 3.16. The molecule has 0 saturated carbocycles. The summed E-state index contributed by atoms with van der Waals surface area (Å²) >= 11 is 0. The summed E-state index contributed by atoms with van der Waals surface area (Å²) in [6.45, 7) is 4.70. The molecule has 2 aromatic carbocycles. The largest absolute Gasteiger partial charge is 0.465 e.